The number of anilines is 2. The first-order chi connectivity index (χ1) is 13.9. The van der Waals surface area contributed by atoms with Crippen LogP contribution in [0.4, 0.5) is 11.4 Å². The van der Waals surface area contributed by atoms with E-state index in [9.17, 15) is 4.79 Å². The van der Waals surface area contributed by atoms with Crippen molar-refractivity contribution >= 4 is 40.6 Å². The second-order valence-corrected chi connectivity index (χ2v) is 8.80. The molecule has 0 aromatic heterocycles. The van der Waals surface area contributed by atoms with Crippen LogP contribution in [0.3, 0.4) is 0 Å². The number of aryl methyl sites for hydroxylation is 1. The highest BCUT2D eigenvalue weighted by atomic mass is 35.5. The van der Waals surface area contributed by atoms with Crippen LogP contribution in [-0.2, 0) is 0 Å². The monoisotopic (exact) mass is 431 g/mol. The van der Waals surface area contributed by atoms with E-state index in [1.165, 1.54) is 5.69 Å². The highest BCUT2D eigenvalue weighted by Crippen LogP contribution is 2.28. The first-order valence-corrected chi connectivity index (χ1v) is 11.7. The lowest BCUT2D eigenvalue weighted by Crippen LogP contribution is -2.49. The second kappa shape index (κ2) is 9.77. The van der Waals surface area contributed by atoms with E-state index in [2.05, 4.69) is 48.0 Å². The Labute approximate surface area is 183 Å². The maximum absolute atomic E-state index is 13.4. The highest BCUT2D eigenvalue weighted by molar-refractivity contribution is 7.98. The Morgan fingerprint density at radius 2 is 1.86 bits per heavy atom. The molecule has 4 nitrogen and oxygen atoms in total. The molecule has 1 aliphatic heterocycles. The molecule has 29 heavy (non-hydrogen) atoms. The zero-order valence-electron chi connectivity index (χ0n) is 17.7. The summed E-state index contributed by atoms with van der Waals surface area (Å²) in [5, 5.41) is 0.792. The van der Waals surface area contributed by atoms with E-state index in [0.29, 0.717) is 0 Å². The second-order valence-electron chi connectivity index (χ2n) is 7.52. The predicted molar refractivity (Wildman–Crippen MR) is 126 cm³/mol. The molecule has 1 saturated heterocycles. The van der Waals surface area contributed by atoms with Gasteiger partial charge in [0.05, 0.1) is 5.56 Å². The third kappa shape index (κ3) is 5.01. The Morgan fingerprint density at radius 1 is 1.14 bits per heavy atom. The van der Waals surface area contributed by atoms with Crippen LogP contribution in [0.2, 0.25) is 5.02 Å². The van der Waals surface area contributed by atoms with Crippen LogP contribution >= 0.6 is 23.4 Å². The summed E-state index contributed by atoms with van der Waals surface area (Å²) in [5.41, 5.74) is 4.08. The van der Waals surface area contributed by atoms with Crippen molar-refractivity contribution in [1.29, 1.82) is 0 Å². The van der Waals surface area contributed by atoms with Gasteiger partial charge in [0, 0.05) is 61.1 Å². The number of carbonyl (C=O) groups excluding carboxylic acids is 1. The Bertz CT molecular complexity index is 865. The lowest BCUT2D eigenvalue weighted by atomic mass is 10.1. The zero-order chi connectivity index (χ0) is 21.0. The number of benzene rings is 2. The topological polar surface area (TPSA) is 26.8 Å². The van der Waals surface area contributed by atoms with Gasteiger partial charge in [-0.25, -0.2) is 0 Å². The molecule has 0 saturated carbocycles. The lowest BCUT2D eigenvalue weighted by molar-refractivity contribution is 0.0747. The SMILES string of the molecule is CCCN(C)c1ccc(SC)cc1C(=O)N1CCN(c2ccc(Cl)c(C)c2)CC1. The summed E-state index contributed by atoms with van der Waals surface area (Å²) in [6, 6.07) is 12.4. The van der Waals surface area contributed by atoms with E-state index in [0.717, 1.165) is 65.9 Å². The largest absolute Gasteiger partial charge is 0.374 e. The maximum atomic E-state index is 13.4. The van der Waals surface area contributed by atoms with Crippen LogP contribution in [0, 0.1) is 6.92 Å². The summed E-state index contributed by atoms with van der Waals surface area (Å²) >= 11 is 7.84. The summed E-state index contributed by atoms with van der Waals surface area (Å²) in [4.78, 5) is 21.0. The van der Waals surface area contributed by atoms with Crippen LogP contribution in [-0.4, -0.2) is 56.8 Å². The summed E-state index contributed by atoms with van der Waals surface area (Å²) < 4.78 is 0. The number of hydrogen-bond acceptors (Lipinski definition) is 4. The summed E-state index contributed by atoms with van der Waals surface area (Å²) in [6.07, 6.45) is 3.10. The molecule has 0 aliphatic carbocycles. The van der Waals surface area contributed by atoms with Gasteiger partial charge >= 0.3 is 0 Å². The third-order valence-electron chi connectivity index (χ3n) is 5.48. The van der Waals surface area contributed by atoms with Crippen molar-refractivity contribution < 1.29 is 4.79 Å². The quantitative estimate of drug-likeness (QED) is 0.589. The first-order valence-electron chi connectivity index (χ1n) is 10.1. The predicted octanol–water partition coefficient (Wildman–Crippen LogP) is 5.18. The van der Waals surface area contributed by atoms with Crippen molar-refractivity contribution in [3.8, 4) is 0 Å². The number of nitrogens with zero attached hydrogens (tertiary/aromatic N) is 3. The molecular formula is C23H30ClN3OS. The molecule has 2 aromatic rings. The maximum Gasteiger partial charge on any atom is 0.256 e. The number of hydrogen-bond donors (Lipinski definition) is 0. The molecule has 0 radical (unpaired) electrons. The van der Waals surface area contributed by atoms with Gasteiger partial charge in [-0.1, -0.05) is 18.5 Å². The van der Waals surface area contributed by atoms with Crippen molar-refractivity contribution in [1.82, 2.24) is 4.90 Å². The molecule has 1 heterocycles. The molecule has 156 valence electrons. The summed E-state index contributed by atoms with van der Waals surface area (Å²) in [5.74, 6) is 0.130. The van der Waals surface area contributed by atoms with Crippen LogP contribution in [0.15, 0.2) is 41.3 Å². The minimum atomic E-state index is 0.130. The van der Waals surface area contributed by atoms with Crippen molar-refractivity contribution in [2.75, 3.05) is 55.8 Å². The number of carbonyl (C=O) groups is 1. The van der Waals surface area contributed by atoms with E-state index in [-0.39, 0.29) is 5.91 Å². The smallest absolute Gasteiger partial charge is 0.256 e. The van der Waals surface area contributed by atoms with Gasteiger partial charge in [-0.15, -0.1) is 11.8 Å². The fourth-order valence-corrected chi connectivity index (χ4v) is 4.32. The molecule has 1 fully saturated rings. The van der Waals surface area contributed by atoms with E-state index >= 15 is 0 Å². The van der Waals surface area contributed by atoms with Crippen molar-refractivity contribution in [2.45, 2.75) is 25.2 Å². The number of thioether (sulfide) groups is 1. The normalized spacial score (nSPS) is 14.2. The summed E-state index contributed by atoms with van der Waals surface area (Å²) in [7, 11) is 2.06. The van der Waals surface area contributed by atoms with E-state index < -0.39 is 0 Å². The van der Waals surface area contributed by atoms with Gasteiger partial charge in [-0.3, -0.25) is 4.79 Å². The van der Waals surface area contributed by atoms with Crippen molar-refractivity contribution in [3.63, 3.8) is 0 Å². The average molecular weight is 432 g/mol. The molecule has 0 atom stereocenters. The lowest BCUT2D eigenvalue weighted by Gasteiger charge is -2.37. The van der Waals surface area contributed by atoms with E-state index in [4.69, 9.17) is 11.6 Å². The molecule has 3 rings (SSSR count). The Balaban J connectivity index is 1.75. The van der Waals surface area contributed by atoms with Crippen LogP contribution in [0.5, 0.6) is 0 Å². The number of piperazine rings is 1. The van der Waals surface area contributed by atoms with Crippen LogP contribution < -0.4 is 9.80 Å². The van der Waals surface area contributed by atoms with E-state index in [1.807, 2.05) is 30.2 Å². The molecule has 0 unspecified atom stereocenters. The van der Waals surface area contributed by atoms with Crippen molar-refractivity contribution in [2.24, 2.45) is 0 Å². The first kappa shape index (κ1) is 21.8. The highest BCUT2D eigenvalue weighted by Gasteiger charge is 2.25. The molecular weight excluding hydrogens is 402 g/mol. The number of halogens is 1. The van der Waals surface area contributed by atoms with Gasteiger partial charge in [0.1, 0.15) is 0 Å². The van der Waals surface area contributed by atoms with Gasteiger partial charge in [0.15, 0.2) is 0 Å². The summed E-state index contributed by atoms with van der Waals surface area (Å²) in [6.45, 7) is 8.22. The Hall–Kier alpha value is -1.85. The fourth-order valence-electron chi connectivity index (χ4n) is 3.77. The van der Waals surface area contributed by atoms with E-state index in [1.54, 1.807) is 11.8 Å². The third-order valence-corrected chi connectivity index (χ3v) is 6.63. The fraction of sp³-hybridized carbons (Fsp3) is 0.435. The van der Waals surface area contributed by atoms with Crippen molar-refractivity contribution in [3.05, 3.63) is 52.5 Å². The molecule has 0 N–H and O–H groups in total. The minimum Gasteiger partial charge on any atom is -0.374 e. The minimum absolute atomic E-state index is 0.130. The molecule has 2 aromatic carbocycles. The standard InChI is InChI=1S/C23H30ClN3OS/c1-5-10-25(3)22-9-7-19(29-4)16-20(22)23(28)27-13-11-26(12-14-27)18-6-8-21(24)17(2)15-18/h6-9,15-16H,5,10-14H2,1-4H3. The number of amides is 1. The Kier molecular flexibility index (Phi) is 7.36. The molecule has 1 amide bonds. The van der Waals surface area contributed by atoms with Crippen LogP contribution in [0.25, 0.3) is 0 Å². The van der Waals surface area contributed by atoms with Gasteiger partial charge in [-0.2, -0.15) is 0 Å². The molecule has 0 bridgehead atoms. The zero-order valence-corrected chi connectivity index (χ0v) is 19.3. The average Bonchev–Trinajstić information content (AvgIpc) is 2.75. The van der Waals surface area contributed by atoms with Crippen LogP contribution in [0.1, 0.15) is 29.3 Å². The van der Waals surface area contributed by atoms with Gasteiger partial charge in [-0.05, 0) is 61.6 Å². The van der Waals surface area contributed by atoms with Gasteiger partial charge < -0.3 is 14.7 Å². The van der Waals surface area contributed by atoms with Gasteiger partial charge in [0.2, 0.25) is 0 Å². The number of rotatable bonds is 6. The molecule has 1 aliphatic rings. The molecule has 0 spiro atoms. The molecule has 6 heteroatoms. The van der Waals surface area contributed by atoms with Gasteiger partial charge in [0.25, 0.3) is 5.91 Å². The Morgan fingerprint density at radius 3 is 2.48 bits per heavy atom.